The molecule has 2 aromatic carbocycles. The Morgan fingerprint density at radius 1 is 1.26 bits per heavy atom. The number of hydrogen-bond acceptors (Lipinski definition) is 3. The van der Waals surface area contributed by atoms with E-state index in [0.29, 0.717) is 23.7 Å². The number of nitrogens with one attached hydrogen (secondary N) is 1. The number of nitrogens with zero attached hydrogens (tertiary/aromatic N) is 1. The Kier molecular flexibility index (Phi) is 5.82. The van der Waals surface area contributed by atoms with Crippen LogP contribution in [-0.2, 0) is 22.6 Å². The van der Waals surface area contributed by atoms with Crippen LogP contribution in [0.5, 0.6) is 0 Å². The van der Waals surface area contributed by atoms with Crippen molar-refractivity contribution in [1.29, 1.82) is 0 Å². The van der Waals surface area contributed by atoms with Crippen LogP contribution in [0.3, 0.4) is 0 Å². The minimum Gasteiger partial charge on any atom is -0.325 e. The minimum absolute atomic E-state index is 0.0594. The Bertz CT molecular complexity index is 851. The average molecular weight is 386 g/mol. The summed E-state index contributed by atoms with van der Waals surface area (Å²) in [4.78, 5) is 26.3. The van der Waals surface area contributed by atoms with E-state index in [0.717, 1.165) is 23.2 Å². The van der Waals surface area contributed by atoms with Gasteiger partial charge >= 0.3 is 0 Å². The largest absolute Gasteiger partial charge is 0.325 e. The highest BCUT2D eigenvalue weighted by molar-refractivity contribution is 6.31. The molecule has 3 rings (SSSR count). The molecule has 0 fully saturated rings. The maximum atomic E-state index is 12.3. The summed E-state index contributed by atoms with van der Waals surface area (Å²) in [6.07, 6.45) is 1.25. The molecule has 0 saturated heterocycles. The van der Waals surface area contributed by atoms with Gasteiger partial charge in [-0.05, 0) is 41.3 Å². The third kappa shape index (κ3) is 4.31. The molecule has 2 aromatic rings. The molecule has 2 amide bonds. The Morgan fingerprint density at radius 2 is 1.96 bits per heavy atom. The van der Waals surface area contributed by atoms with E-state index >= 15 is 0 Å². The Hall–Kier alpha value is -2.37. The molecule has 0 saturated carbocycles. The molecule has 5 nitrogen and oxygen atoms in total. The molecule has 0 aliphatic carbocycles. The standard InChI is InChI=1S/C21H24ClN3O2/c1-3-13(2)20(23)21(27)24-17-8-4-14(5-9-17)12-25-18-11-16(22)7-6-15(18)10-19(25)26/h4-9,11,13,20H,3,10,12,23H2,1-2H3,(H,24,27). The predicted molar refractivity (Wildman–Crippen MR) is 109 cm³/mol. The molecule has 27 heavy (non-hydrogen) atoms. The summed E-state index contributed by atoms with van der Waals surface area (Å²) in [5.41, 5.74) is 9.49. The summed E-state index contributed by atoms with van der Waals surface area (Å²) >= 11 is 6.08. The highest BCUT2D eigenvalue weighted by Crippen LogP contribution is 2.32. The van der Waals surface area contributed by atoms with Crippen LogP contribution < -0.4 is 16.0 Å². The number of amides is 2. The molecule has 2 atom stereocenters. The van der Waals surface area contributed by atoms with Crippen molar-refractivity contribution in [2.45, 2.75) is 39.3 Å². The molecule has 0 spiro atoms. The van der Waals surface area contributed by atoms with E-state index in [9.17, 15) is 9.59 Å². The summed E-state index contributed by atoms with van der Waals surface area (Å²) in [6.45, 7) is 4.44. The number of rotatable bonds is 6. The van der Waals surface area contributed by atoms with Crippen LogP contribution in [0.15, 0.2) is 42.5 Å². The first kappa shape index (κ1) is 19.4. The van der Waals surface area contributed by atoms with Gasteiger partial charge in [-0.1, -0.05) is 50.1 Å². The second-order valence-electron chi connectivity index (χ2n) is 7.03. The van der Waals surface area contributed by atoms with Crippen molar-refractivity contribution in [2.75, 3.05) is 10.2 Å². The minimum atomic E-state index is -0.529. The van der Waals surface area contributed by atoms with Gasteiger partial charge in [0.1, 0.15) is 0 Å². The number of nitrogens with two attached hydrogens (primary N) is 1. The topological polar surface area (TPSA) is 75.4 Å². The number of hydrogen-bond donors (Lipinski definition) is 2. The molecule has 1 heterocycles. The van der Waals surface area contributed by atoms with E-state index in [1.165, 1.54) is 0 Å². The van der Waals surface area contributed by atoms with E-state index in [1.807, 2.05) is 50.2 Å². The summed E-state index contributed by atoms with van der Waals surface area (Å²) in [7, 11) is 0. The van der Waals surface area contributed by atoms with Crippen molar-refractivity contribution in [1.82, 2.24) is 0 Å². The van der Waals surface area contributed by atoms with E-state index < -0.39 is 6.04 Å². The van der Waals surface area contributed by atoms with E-state index in [1.54, 1.807) is 11.0 Å². The summed E-state index contributed by atoms with van der Waals surface area (Å²) in [6, 6.07) is 12.5. The first-order valence-electron chi connectivity index (χ1n) is 9.13. The van der Waals surface area contributed by atoms with Gasteiger partial charge in [-0.25, -0.2) is 0 Å². The molecule has 3 N–H and O–H groups in total. The zero-order chi connectivity index (χ0) is 19.6. The van der Waals surface area contributed by atoms with Gasteiger partial charge in [-0.3, -0.25) is 9.59 Å². The monoisotopic (exact) mass is 385 g/mol. The maximum Gasteiger partial charge on any atom is 0.241 e. The molecular weight excluding hydrogens is 362 g/mol. The number of fused-ring (bicyclic) bond motifs is 1. The van der Waals surface area contributed by atoms with Crippen molar-refractivity contribution in [3.8, 4) is 0 Å². The predicted octanol–water partition coefficient (Wildman–Crippen LogP) is 3.74. The maximum absolute atomic E-state index is 12.3. The fourth-order valence-corrected chi connectivity index (χ4v) is 3.28. The van der Waals surface area contributed by atoms with E-state index in [2.05, 4.69) is 5.32 Å². The summed E-state index contributed by atoms with van der Waals surface area (Å²) in [5, 5.41) is 3.46. The zero-order valence-electron chi connectivity index (χ0n) is 15.5. The van der Waals surface area contributed by atoms with E-state index in [4.69, 9.17) is 17.3 Å². The van der Waals surface area contributed by atoms with Crippen molar-refractivity contribution >= 4 is 34.8 Å². The zero-order valence-corrected chi connectivity index (χ0v) is 16.3. The van der Waals surface area contributed by atoms with E-state index in [-0.39, 0.29) is 17.7 Å². The van der Waals surface area contributed by atoms with Gasteiger partial charge in [0.15, 0.2) is 0 Å². The van der Waals surface area contributed by atoms with Gasteiger partial charge in [-0.15, -0.1) is 0 Å². The molecule has 6 heteroatoms. The molecule has 0 radical (unpaired) electrons. The molecule has 1 aliphatic rings. The molecule has 142 valence electrons. The number of halogens is 1. The van der Waals surface area contributed by atoms with Gasteiger partial charge in [-0.2, -0.15) is 0 Å². The summed E-state index contributed by atoms with van der Waals surface area (Å²) < 4.78 is 0. The number of carbonyl (C=O) groups is 2. The second-order valence-corrected chi connectivity index (χ2v) is 7.46. The fourth-order valence-electron chi connectivity index (χ4n) is 3.12. The van der Waals surface area contributed by atoms with Crippen molar-refractivity contribution < 1.29 is 9.59 Å². The van der Waals surface area contributed by atoms with Gasteiger partial charge < -0.3 is 16.0 Å². The van der Waals surface area contributed by atoms with Crippen LogP contribution in [0.25, 0.3) is 0 Å². The fraction of sp³-hybridized carbons (Fsp3) is 0.333. The Labute approximate surface area is 164 Å². The number of carbonyl (C=O) groups excluding carboxylic acids is 2. The van der Waals surface area contributed by atoms with Gasteiger partial charge in [0.05, 0.1) is 19.0 Å². The Balaban J connectivity index is 1.68. The van der Waals surface area contributed by atoms with Gasteiger partial charge in [0, 0.05) is 16.4 Å². The van der Waals surface area contributed by atoms with Gasteiger partial charge in [0.25, 0.3) is 0 Å². The first-order chi connectivity index (χ1) is 12.9. The lowest BCUT2D eigenvalue weighted by Gasteiger charge is -2.19. The van der Waals surface area contributed by atoms with Crippen LogP contribution in [-0.4, -0.2) is 17.9 Å². The van der Waals surface area contributed by atoms with Crippen LogP contribution in [0.1, 0.15) is 31.4 Å². The second kappa shape index (κ2) is 8.11. The molecule has 1 aliphatic heterocycles. The van der Waals surface area contributed by atoms with Crippen LogP contribution in [0.2, 0.25) is 5.02 Å². The highest BCUT2D eigenvalue weighted by Gasteiger charge is 2.27. The smallest absolute Gasteiger partial charge is 0.241 e. The molecular formula is C21H24ClN3O2. The third-order valence-corrected chi connectivity index (χ3v) is 5.34. The molecule has 2 unspecified atom stereocenters. The number of anilines is 2. The molecule has 0 aromatic heterocycles. The first-order valence-corrected chi connectivity index (χ1v) is 9.51. The van der Waals surface area contributed by atoms with Crippen molar-refractivity contribution in [2.24, 2.45) is 11.7 Å². The summed E-state index contributed by atoms with van der Waals surface area (Å²) in [5.74, 6) is -0.00286. The Morgan fingerprint density at radius 3 is 2.63 bits per heavy atom. The lowest BCUT2D eigenvalue weighted by Crippen LogP contribution is -2.40. The lowest BCUT2D eigenvalue weighted by atomic mass is 9.99. The van der Waals surface area contributed by atoms with Crippen molar-refractivity contribution in [3.63, 3.8) is 0 Å². The lowest BCUT2D eigenvalue weighted by molar-refractivity contribution is -0.118. The normalized spacial score (nSPS) is 15.4. The quantitative estimate of drug-likeness (QED) is 0.795. The molecule has 0 bridgehead atoms. The van der Waals surface area contributed by atoms with Gasteiger partial charge in [0.2, 0.25) is 11.8 Å². The SMILES string of the molecule is CCC(C)C(N)C(=O)Nc1ccc(CN2C(=O)Cc3ccc(Cl)cc32)cc1. The third-order valence-electron chi connectivity index (χ3n) is 5.10. The van der Waals surface area contributed by atoms with Crippen LogP contribution >= 0.6 is 11.6 Å². The van der Waals surface area contributed by atoms with Crippen LogP contribution in [0, 0.1) is 5.92 Å². The number of benzene rings is 2. The highest BCUT2D eigenvalue weighted by atomic mass is 35.5. The average Bonchev–Trinajstić information content (AvgIpc) is 2.96. The van der Waals surface area contributed by atoms with Crippen molar-refractivity contribution in [3.05, 3.63) is 58.6 Å². The van der Waals surface area contributed by atoms with Crippen LogP contribution in [0.4, 0.5) is 11.4 Å².